The van der Waals surface area contributed by atoms with Crippen LogP contribution in [0.2, 0.25) is 0 Å². The van der Waals surface area contributed by atoms with Gasteiger partial charge in [-0.2, -0.15) is 0 Å². The van der Waals surface area contributed by atoms with Gasteiger partial charge in [-0.25, -0.2) is 4.79 Å². The molecule has 3 N–H and O–H groups in total. The molecule has 0 spiro atoms. The van der Waals surface area contributed by atoms with Crippen molar-refractivity contribution in [1.82, 2.24) is 4.90 Å². The Morgan fingerprint density at radius 2 is 2.19 bits per heavy atom. The van der Waals surface area contributed by atoms with Crippen LogP contribution in [0.4, 0.5) is 10.5 Å². The van der Waals surface area contributed by atoms with Gasteiger partial charge in [-0.1, -0.05) is 6.07 Å². The second-order valence-electron chi connectivity index (χ2n) is 3.73. The molecule has 0 saturated carbocycles. The third-order valence-electron chi connectivity index (χ3n) is 2.64. The van der Waals surface area contributed by atoms with Gasteiger partial charge in [-0.05, 0) is 12.1 Å². The number of carbonyl (C=O) groups is 1. The minimum Gasteiger partial charge on any atom is -0.508 e. The number of carbonyl (C=O) groups excluding carboxylic acids is 1. The zero-order chi connectivity index (χ0) is 11.5. The number of aromatic hydroxyl groups is 1. The molecular formula is C11H15N3O2. The van der Waals surface area contributed by atoms with Gasteiger partial charge < -0.3 is 15.7 Å². The molecule has 1 aromatic carbocycles. The maximum atomic E-state index is 11.9. The van der Waals surface area contributed by atoms with Crippen molar-refractivity contribution in [2.24, 2.45) is 5.73 Å². The number of phenolic OH excluding ortho intramolecular Hbond substituents is 1. The first-order valence-electron chi connectivity index (χ1n) is 5.28. The fourth-order valence-corrected chi connectivity index (χ4v) is 1.85. The number of rotatable bonds is 3. The van der Waals surface area contributed by atoms with E-state index in [1.54, 1.807) is 28.0 Å². The molecule has 5 heteroatoms. The number of benzene rings is 1. The number of hydrogen-bond acceptors (Lipinski definition) is 3. The summed E-state index contributed by atoms with van der Waals surface area (Å²) >= 11 is 0. The lowest BCUT2D eigenvalue weighted by Gasteiger charge is -2.18. The van der Waals surface area contributed by atoms with Crippen molar-refractivity contribution in [3.8, 4) is 5.75 Å². The van der Waals surface area contributed by atoms with Crippen molar-refractivity contribution in [1.29, 1.82) is 0 Å². The monoisotopic (exact) mass is 221 g/mol. The largest absolute Gasteiger partial charge is 0.508 e. The van der Waals surface area contributed by atoms with Crippen LogP contribution in [0.15, 0.2) is 24.3 Å². The van der Waals surface area contributed by atoms with Gasteiger partial charge in [0.1, 0.15) is 5.75 Å². The minimum absolute atomic E-state index is 0.0453. The predicted molar refractivity (Wildman–Crippen MR) is 61.5 cm³/mol. The van der Waals surface area contributed by atoms with E-state index in [-0.39, 0.29) is 11.8 Å². The third kappa shape index (κ3) is 1.94. The third-order valence-corrected chi connectivity index (χ3v) is 2.64. The fourth-order valence-electron chi connectivity index (χ4n) is 1.85. The second kappa shape index (κ2) is 4.40. The Morgan fingerprint density at radius 1 is 1.38 bits per heavy atom. The van der Waals surface area contributed by atoms with Crippen LogP contribution in [0, 0.1) is 0 Å². The first-order valence-corrected chi connectivity index (χ1v) is 5.28. The summed E-state index contributed by atoms with van der Waals surface area (Å²) in [6.07, 6.45) is 0. The minimum atomic E-state index is -0.0453. The first-order chi connectivity index (χ1) is 7.72. The molecule has 2 rings (SSSR count). The lowest BCUT2D eigenvalue weighted by atomic mass is 10.3. The maximum Gasteiger partial charge on any atom is 0.324 e. The van der Waals surface area contributed by atoms with Gasteiger partial charge >= 0.3 is 6.03 Å². The van der Waals surface area contributed by atoms with Crippen LogP contribution in [-0.4, -0.2) is 42.2 Å². The fraction of sp³-hybridized carbons (Fsp3) is 0.364. The smallest absolute Gasteiger partial charge is 0.324 e. The molecule has 0 radical (unpaired) electrons. The normalized spacial score (nSPS) is 15.9. The van der Waals surface area contributed by atoms with E-state index in [1.807, 2.05) is 6.07 Å². The zero-order valence-corrected chi connectivity index (χ0v) is 8.97. The van der Waals surface area contributed by atoms with Gasteiger partial charge in [0, 0.05) is 37.9 Å². The van der Waals surface area contributed by atoms with Crippen LogP contribution in [-0.2, 0) is 0 Å². The van der Waals surface area contributed by atoms with E-state index in [4.69, 9.17) is 5.73 Å². The average Bonchev–Trinajstić information content (AvgIpc) is 2.61. The van der Waals surface area contributed by atoms with Crippen molar-refractivity contribution in [2.75, 3.05) is 31.1 Å². The lowest BCUT2D eigenvalue weighted by Crippen LogP contribution is -2.34. The number of hydrogen-bond donors (Lipinski definition) is 2. The molecule has 86 valence electrons. The number of anilines is 1. The highest BCUT2D eigenvalue weighted by Crippen LogP contribution is 2.23. The molecule has 0 unspecified atom stereocenters. The van der Waals surface area contributed by atoms with Crippen LogP contribution < -0.4 is 10.6 Å². The maximum absolute atomic E-state index is 11.9. The van der Waals surface area contributed by atoms with Crippen LogP contribution in [0.25, 0.3) is 0 Å². The summed E-state index contributed by atoms with van der Waals surface area (Å²) in [4.78, 5) is 15.3. The first kappa shape index (κ1) is 10.8. The van der Waals surface area contributed by atoms with Gasteiger partial charge in [0.15, 0.2) is 0 Å². The Morgan fingerprint density at radius 3 is 2.88 bits per heavy atom. The van der Waals surface area contributed by atoms with Gasteiger partial charge in [0.2, 0.25) is 0 Å². The number of nitrogens with two attached hydrogens (primary N) is 1. The number of amides is 2. The van der Waals surface area contributed by atoms with Gasteiger partial charge in [-0.15, -0.1) is 0 Å². The lowest BCUT2D eigenvalue weighted by molar-refractivity contribution is 0.222. The second-order valence-corrected chi connectivity index (χ2v) is 3.73. The highest BCUT2D eigenvalue weighted by molar-refractivity contribution is 5.94. The molecule has 0 aromatic heterocycles. The molecule has 1 saturated heterocycles. The van der Waals surface area contributed by atoms with Gasteiger partial charge in [0.05, 0.1) is 0 Å². The van der Waals surface area contributed by atoms with E-state index in [1.165, 1.54) is 0 Å². The standard InChI is InChI=1S/C11H15N3O2/c12-4-5-13-6-7-14(11(13)16)9-2-1-3-10(15)8-9/h1-3,8,15H,4-7,12H2. The topological polar surface area (TPSA) is 69.8 Å². The van der Waals surface area contributed by atoms with E-state index in [0.29, 0.717) is 26.2 Å². The van der Waals surface area contributed by atoms with E-state index in [9.17, 15) is 9.90 Å². The van der Waals surface area contributed by atoms with Crippen molar-refractivity contribution >= 4 is 11.7 Å². The number of phenols is 1. The van der Waals surface area contributed by atoms with E-state index in [0.717, 1.165) is 5.69 Å². The molecule has 5 nitrogen and oxygen atoms in total. The highest BCUT2D eigenvalue weighted by Gasteiger charge is 2.28. The van der Waals surface area contributed by atoms with E-state index >= 15 is 0 Å². The molecule has 0 bridgehead atoms. The molecule has 1 aliphatic rings. The summed E-state index contributed by atoms with van der Waals surface area (Å²) in [5, 5.41) is 9.36. The SMILES string of the molecule is NCCN1CCN(c2cccc(O)c2)C1=O. The Bertz CT molecular complexity index is 395. The summed E-state index contributed by atoms with van der Waals surface area (Å²) in [7, 11) is 0. The van der Waals surface area contributed by atoms with E-state index < -0.39 is 0 Å². The summed E-state index contributed by atoms with van der Waals surface area (Å²) < 4.78 is 0. The Balaban J connectivity index is 2.15. The predicted octanol–water partition coefficient (Wildman–Crippen LogP) is 0.593. The molecule has 16 heavy (non-hydrogen) atoms. The molecular weight excluding hydrogens is 206 g/mol. The van der Waals surface area contributed by atoms with E-state index in [2.05, 4.69) is 0 Å². The molecule has 0 aliphatic carbocycles. The van der Waals surface area contributed by atoms with Gasteiger partial charge in [0.25, 0.3) is 0 Å². The summed E-state index contributed by atoms with van der Waals surface area (Å²) in [5.74, 6) is 0.169. The molecule has 1 heterocycles. The quantitative estimate of drug-likeness (QED) is 0.785. The summed E-state index contributed by atoms with van der Waals surface area (Å²) in [5.41, 5.74) is 6.15. The Hall–Kier alpha value is -1.75. The van der Waals surface area contributed by atoms with Crippen LogP contribution >= 0.6 is 0 Å². The highest BCUT2D eigenvalue weighted by atomic mass is 16.3. The van der Waals surface area contributed by atoms with Crippen molar-refractivity contribution < 1.29 is 9.90 Å². The average molecular weight is 221 g/mol. The van der Waals surface area contributed by atoms with Crippen molar-refractivity contribution in [3.05, 3.63) is 24.3 Å². The Labute approximate surface area is 94.1 Å². The molecule has 0 atom stereocenters. The van der Waals surface area contributed by atoms with Crippen LogP contribution in [0.5, 0.6) is 5.75 Å². The van der Waals surface area contributed by atoms with Crippen LogP contribution in [0.3, 0.4) is 0 Å². The summed E-state index contributed by atoms with van der Waals surface area (Å²) in [6.45, 7) is 2.38. The Kier molecular flexibility index (Phi) is 2.96. The number of nitrogens with zero attached hydrogens (tertiary/aromatic N) is 2. The molecule has 1 aliphatic heterocycles. The van der Waals surface area contributed by atoms with Gasteiger partial charge in [-0.3, -0.25) is 4.90 Å². The summed E-state index contributed by atoms with van der Waals surface area (Å²) in [6, 6.07) is 6.66. The van der Waals surface area contributed by atoms with Crippen LogP contribution in [0.1, 0.15) is 0 Å². The molecule has 2 amide bonds. The molecule has 1 fully saturated rings. The van der Waals surface area contributed by atoms with Crippen molar-refractivity contribution in [3.63, 3.8) is 0 Å². The molecule has 1 aromatic rings. The van der Waals surface area contributed by atoms with Crippen molar-refractivity contribution in [2.45, 2.75) is 0 Å². The zero-order valence-electron chi connectivity index (χ0n) is 8.97. The number of urea groups is 1.